The number of morpholine rings is 1. The van der Waals surface area contributed by atoms with Crippen molar-refractivity contribution >= 4 is 5.91 Å². The molecule has 0 aromatic carbocycles. The summed E-state index contributed by atoms with van der Waals surface area (Å²) in [4.78, 5) is 14.0. The number of hydrogen-bond donors (Lipinski definition) is 1. The minimum Gasteiger partial charge on any atom is -0.372 e. The van der Waals surface area contributed by atoms with E-state index in [0.717, 1.165) is 26.1 Å². The van der Waals surface area contributed by atoms with Crippen LogP contribution >= 0.6 is 0 Å². The summed E-state index contributed by atoms with van der Waals surface area (Å²) in [7, 11) is 0. The summed E-state index contributed by atoms with van der Waals surface area (Å²) in [6.45, 7) is 6.62. The quantitative estimate of drug-likeness (QED) is 0.756. The highest BCUT2D eigenvalue weighted by Crippen LogP contribution is 2.15. The molecule has 16 heavy (non-hydrogen) atoms. The Morgan fingerprint density at radius 1 is 1.38 bits per heavy atom. The molecule has 3 atom stereocenters. The van der Waals surface area contributed by atoms with Crippen LogP contribution in [-0.4, -0.2) is 48.7 Å². The van der Waals surface area contributed by atoms with Gasteiger partial charge in [0.05, 0.1) is 12.2 Å². The molecule has 0 saturated carbocycles. The average molecular weight is 226 g/mol. The molecule has 1 amide bonds. The number of carbonyl (C=O) groups is 1. The van der Waals surface area contributed by atoms with Crippen LogP contribution in [0.3, 0.4) is 0 Å². The highest BCUT2D eigenvalue weighted by molar-refractivity contribution is 5.77. The number of ether oxygens (including phenoxy) is 1. The van der Waals surface area contributed by atoms with Crippen molar-refractivity contribution < 1.29 is 9.53 Å². The molecule has 2 aliphatic heterocycles. The molecule has 4 heteroatoms. The van der Waals surface area contributed by atoms with Crippen molar-refractivity contribution in [2.45, 2.75) is 51.4 Å². The molecule has 0 aromatic rings. The predicted molar refractivity (Wildman–Crippen MR) is 62.2 cm³/mol. The number of hydrogen-bond acceptors (Lipinski definition) is 3. The van der Waals surface area contributed by atoms with Gasteiger partial charge in [0, 0.05) is 25.6 Å². The van der Waals surface area contributed by atoms with Crippen LogP contribution in [0.1, 0.15) is 33.1 Å². The van der Waals surface area contributed by atoms with Crippen LogP contribution in [0.4, 0.5) is 0 Å². The van der Waals surface area contributed by atoms with E-state index in [0.29, 0.717) is 12.5 Å². The number of rotatable bonds is 2. The summed E-state index contributed by atoms with van der Waals surface area (Å²) in [5.74, 6) is 0.279. The second-order valence-corrected chi connectivity index (χ2v) is 5.05. The van der Waals surface area contributed by atoms with Crippen molar-refractivity contribution in [3.8, 4) is 0 Å². The van der Waals surface area contributed by atoms with Crippen molar-refractivity contribution in [1.29, 1.82) is 0 Å². The minimum atomic E-state index is 0.171. The van der Waals surface area contributed by atoms with E-state index in [-0.39, 0.29) is 18.1 Å². The lowest BCUT2D eigenvalue weighted by Gasteiger charge is -2.35. The molecule has 1 N–H and O–H groups in total. The summed E-state index contributed by atoms with van der Waals surface area (Å²) < 4.78 is 5.63. The Kier molecular flexibility index (Phi) is 3.82. The van der Waals surface area contributed by atoms with E-state index in [1.54, 1.807) is 0 Å². The smallest absolute Gasteiger partial charge is 0.224 e. The molecule has 0 aliphatic carbocycles. The fourth-order valence-electron chi connectivity index (χ4n) is 2.65. The van der Waals surface area contributed by atoms with Crippen molar-refractivity contribution in [1.82, 2.24) is 10.2 Å². The maximum atomic E-state index is 12.1. The Bertz CT molecular complexity index is 241. The fraction of sp³-hybridized carbons (Fsp3) is 0.917. The lowest BCUT2D eigenvalue weighted by Crippen LogP contribution is -2.49. The molecule has 0 spiro atoms. The van der Waals surface area contributed by atoms with Gasteiger partial charge >= 0.3 is 0 Å². The lowest BCUT2D eigenvalue weighted by atomic mass is 10.1. The third kappa shape index (κ3) is 2.95. The van der Waals surface area contributed by atoms with E-state index in [2.05, 4.69) is 5.32 Å². The van der Waals surface area contributed by atoms with Gasteiger partial charge in [-0.05, 0) is 33.2 Å². The first-order valence-corrected chi connectivity index (χ1v) is 6.32. The van der Waals surface area contributed by atoms with Gasteiger partial charge in [0.25, 0.3) is 0 Å². The number of nitrogens with zero attached hydrogens (tertiary/aromatic N) is 1. The van der Waals surface area contributed by atoms with Crippen LogP contribution in [0.15, 0.2) is 0 Å². The van der Waals surface area contributed by atoms with Gasteiger partial charge in [0.1, 0.15) is 0 Å². The van der Waals surface area contributed by atoms with E-state index < -0.39 is 0 Å². The highest BCUT2D eigenvalue weighted by atomic mass is 16.5. The van der Waals surface area contributed by atoms with E-state index in [1.165, 1.54) is 6.42 Å². The Balaban J connectivity index is 1.83. The zero-order valence-corrected chi connectivity index (χ0v) is 10.2. The predicted octanol–water partition coefficient (Wildman–Crippen LogP) is 0.764. The lowest BCUT2D eigenvalue weighted by molar-refractivity contribution is -0.143. The molecule has 0 aromatic heterocycles. The summed E-state index contributed by atoms with van der Waals surface area (Å²) in [5, 5.41) is 3.37. The third-order valence-electron chi connectivity index (χ3n) is 3.36. The van der Waals surface area contributed by atoms with Gasteiger partial charge in [-0.3, -0.25) is 4.79 Å². The third-order valence-corrected chi connectivity index (χ3v) is 3.36. The van der Waals surface area contributed by atoms with E-state index in [1.807, 2.05) is 18.7 Å². The molecule has 2 heterocycles. The summed E-state index contributed by atoms with van der Waals surface area (Å²) in [6, 6.07) is 0.404. The van der Waals surface area contributed by atoms with E-state index >= 15 is 0 Å². The van der Waals surface area contributed by atoms with Crippen LogP contribution < -0.4 is 5.32 Å². The molecule has 3 unspecified atom stereocenters. The van der Waals surface area contributed by atoms with Gasteiger partial charge in [-0.25, -0.2) is 0 Å². The number of amides is 1. The largest absolute Gasteiger partial charge is 0.372 e. The molecule has 2 rings (SSSR count). The Morgan fingerprint density at radius 2 is 2.06 bits per heavy atom. The van der Waals surface area contributed by atoms with Gasteiger partial charge < -0.3 is 15.0 Å². The standard InChI is InChI=1S/C12H22N2O2/c1-9-7-14(8-10(2)16-9)12(15)6-11-4-3-5-13-11/h9-11,13H,3-8H2,1-2H3. The van der Waals surface area contributed by atoms with Crippen LogP contribution in [0.25, 0.3) is 0 Å². The monoisotopic (exact) mass is 226 g/mol. The van der Waals surface area contributed by atoms with Gasteiger partial charge in [-0.2, -0.15) is 0 Å². The van der Waals surface area contributed by atoms with E-state index in [9.17, 15) is 4.79 Å². The van der Waals surface area contributed by atoms with Gasteiger partial charge in [0.2, 0.25) is 5.91 Å². The molecule has 0 radical (unpaired) electrons. The molecule has 0 bridgehead atoms. The molecule has 2 saturated heterocycles. The van der Waals surface area contributed by atoms with Crippen molar-refractivity contribution in [2.75, 3.05) is 19.6 Å². The first kappa shape index (κ1) is 11.9. The second kappa shape index (κ2) is 5.15. The maximum absolute atomic E-state index is 12.1. The van der Waals surface area contributed by atoms with Gasteiger partial charge in [0.15, 0.2) is 0 Å². The molecule has 2 fully saturated rings. The maximum Gasteiger partial charge on any atom is 0.224 e. The summed E-state index contributed by atoms with van der Waals surface area (Å²) >= 11 is 0. The van der Waals surface area contributed by atoms with Gasteiger partial charge in [-0.1, -0.05) is 0 Å². The summed E-state index contributed by atoms with van der Waals surface area (Å²) in [6.07, 6.45) is 3.34. The highest BCUT2D eigenvalue weighted by Gasteiger charge is 2.27. The van der Waals surface area contributed by atoms with Crippen LogP contribution in [-0.2, 0) is 9.53 Å². The average Bonchev–Trinajstić information content (AvgIpc) is 2.68. The normalized spacial score (nSPS) is 35.4. The zero-order valence-electron chi connectivity index (χ0n) is 10.2. The fourth-order valence-corrected chi connectivity index (χ4v) is 2.65. The van der Waals surface area contributed by atoms with Crippen LogP contribution in [0, 0.1) is 0 Å². The Morgan fingerprint density at radius 3 is 2.62 bits per heavy atom. The molecule has 92 valence electrons. The zero-order chi connectivity index (χ0) is 11.5. The molecule has 4 nitrogen and oxygen atoms in total. The molecular formula is C12H22N2O2. The number of nitrogens with one attached hydrogen (secondary N) is 1. The van der Waals surface area contributed by atoms with Gasteiger partial charge in [-0.15, -0.1) is 0 Å². The van der Waals surface area contributed by atoms with Crippen molar-refractivity contribution in [3.63, 3.8) is 0 Å². The second-order valence-electron chi connectivity index (χ2n) is 5.05. The molecule has 2 aliphatic rings. The minimum absolute atomic E-state index is 0.171. The summed E-state index contributed by atoms with van der Waals surface area (Å²) in [5.41, 5.74) is 0. The number of carbonyl (C=O) groups excluding carboxylic acids is 1. The Labute approximate surface area is 97.3 Å². The first-order valence-electron chi connectivity index (χ1n) is 6.32. The van der Waals surface area contributed by atoms with Crippen molar-refractivity contribution in [3.05, 3.63) is 0 Å². The SMILES string of the molecule is CC1CN(C(=O)CC2CCCN2)CC(C)O1. The van der Waals surface area contributed by atoms with E-state index in [4.69, 9.17) is 4.74 Å². The first-order chi connectivity index (χ1) is 7.65. The molecular weight excluding hydrogens is 204 g/mol. The Hall–Kier alpha value is -0.610. The topological polar surface area (TPSA) is 41.6 Å². The van der Waals surface area contributed by atoms with Crippen LogP contribution in [0.2, 0.25) is 0 Å². The van der Waals surface area contributed by atoms with Crippen LogP contribution in [0.5, 0.6) is 0 Å². The van der Waals surface area contributed by atoms with Crippen molar-refractivity contribution in [2.24, 2.45) is 0 Å².